The van der Waals surface area contributed by atoms with Gasteiger partial charge in [0, 0.05) is 5.02 Å². The van der Waals surface area contributed by atoms with Gasteiger partial charge in [-0.2, -0.15) is 0 Å². The van der Waals surface area contributed by atoms with Crippen molar-refractivity contribution in [2.75, 3.05) is 7.05 Å². The van der Waals surface area contributed by atoms with Gasteiger partial charge in [0.2, 0.25) is 0 Å². The topological polar surface area (TPSA) is 26.0 Å². The molecule has 1 aromatic carbocycles. The normalized spacial score (nSPS) is 8.45. The Kier molecular flexibility index (Phi) is 4.92. The van der Waals surface area contributed by atoms with Gasteiger partial charge in [-0.25, -0.2) is 0 Å². The number of halogens is 1. The molecule has 0 atom stereocenters. The highest BCUT2D eigenvalue weighted by Gasteiger charge is 1.91. The summed E-state index contributed by atoms with van der Waals surface area (Å²) >= 11 is 5.78. The van der Waals surface area contributed by atoms with Crippen LogP contribution in [0.5, 0.6) is 0 Å². The van der Waals surface area contributed by atoms with Gasteiger partial charge in [-0.05, 0) is 32.5 Å². The molecule has 0 amide bonds. The van der Waals surface area contributed by atoms with Crippen LogP contribution in [0.1, 0.15) is 11.1 Å². The molecule has 0 aliphatic rings. The Balaban J connectivity index is 0.000000461. The summed E-state index contributed by atoms with van der Waals surface area (Å²) in [5, 5.41) is 0.848. The molecule has 0 saturated heterocycles. The first-order chi connectivity index (χ1) is 5.20. The van der Waals surface area contributed by atoms with E-state index in [-0.39, 0.29) is 0 Å². The Morgan fingerprint density at radius 2 is 1.73 bits per heavy atom. The third kappa shape index (κ3) is 3.40. The van der Waals surface area contributed by atoms with Crippen LogP contribution in [0.25, 0.3) is 0 Å². The maximum absolute atomic E-state index is 5.78. The zero-order chi connectivity index (χ0) is 8.85. The lowest BCUT2D eigenvalue weighted by Gasteiger charge is -1.96. The predicted molar refractivity (Wildman–Crippen MR) is 51.0 cm³/mol. The maximum atomic E-state index is 5.78. The summed E-state index contributed by atoms with van der Waals surface area (Å²) in [6, 6.07) is 6.00. The summed E-state index contributed by atoms with van der Waals surface area (Å²) in [7, 11) is 1.50. The number of nitrogens with two attached hydrogens (primary N) is 1. The van der Waals surface area contributed by atoms with Gasteiger partial charge >= 0.3 is 0 Å². The van der Waals surface area contributed by atoms with Crippen LogP contribution >= 0.6 is 11.6 Å². The fraction of sp³-hybridized carbons (Fsp3) is 0.333. The highest BCUT2D eigenvalue weighted by molar-refractivity contribution is 6.31. The van der Waals surface area contributed by atoms with Crippen molar-refractivity contribution in [2.45, 2.75) is 13.8 Å². The number of aryl methyl sites for hydroxylation is 2. The second-order valence-electron chi connectivity index (χ2n) is 2.25. The minimum atomic E-state index is 0.848. The summed E-state index contributed by atoms with van der Waals surface area (Å²) in [6.45, 7) is 4.07. The second-order valence-corrected chi connectivity index (χ2v) is 2.66. The molecule has 0 saturated carbocycles. The van der Waals surface area contributed by atoms with Crippen molar-refractivity contribution >= 4 is 11.6 Å². The van der Waals surface area contributed by atoms with Gasteiger partial charge in [0.05, 0.1) is 0 Å². The highest BCUT2D eigenvalue weighted by atomic mass is 35.5. The zero-order valence-electron chi connectivity index (χ0n) is 7.19. The Hall–Kier alpha value is -0.530. The molecule has 0 aromatic heterocycles. The second kappa shape index (κ2) is 5.16. The molecule has 1 rings (SSSR count). The number of hydrogen-bond acceptors (Lipinski definition) is 1. The molecule has 0 bridgehead atoms. The van der Waals surface area contributed by atoms with Gasteiger partial charge in [-0.3, -0.25) is 0 Å². The Morgan fingerprint density at radius 1 is 1.18 bits per heavy atom. The molecular formula is C9H14ClN. The minimum absolute atomic E-state index is 0.848. The van der Waals surface area contributed by atoms with E-state index in [0.29, 0.717) is 0 Å². The van der Waals surface area contributed by atoms with Crippen LogP contribution in [0.3, 0.4) is 0 Å². The van der Waals surface area contributed by atoms with Crippen LogP contribution in [-0.4, -0.2) is 7.05 Å². The van der Waals surface area contributed by atoms with Gasteiger partial charge in [0.25, 0.3) is 0 Å². The summed E-state index contributed by atoms with van der Waals surface area (Å²) in [5.74, 6) is 0. The molecule has 0 aliphatic heterocycles. The smallest absolute Gasteiger partial charge is 0.0435 e. The van der Waals surface area contributed by atoms with Crippen LogP contribution in [0, 0.1) is 13.8 Å². The fourth-order valence-corrected chi connectivity index (χ4v) is 0.912. The lowest BCUT2D eigenvalue weighted by atomic mass is 10.2. The van der Waals surface area contributed by atoms with Crippen LogP contribution in [0.2, 0.25) is 5.02 Å². The van der Waals surface area contributed by atoms with E-state index in [1.807, 2.05) is 19.1 Å². The molecule has 0 unspecified atom stereocenters. The average molecular weight is 172 g/mol. The zero-order valence-corrected chi connectivity index (χ0v) is 7.94. The van der Waals surface area contributed by atoms with Gasteiger partial charge in [0.15, 0.2) is 0 Å². The molecule has 1 nitrogen and oxygen atoms in total. The van der Waals surface area contributed by atoms with Crippen molar-refractivity contribution in [1.29, 1.82) is 0 Å². The number of hydrogen-bond donors (Lipinski definition) is 1. The lowest BCUT2D eigenvalue weighted by Crippen LogP contribution is -1.75. The lowest BCUT2D eigenvalue weighted by molar-refractivity contribution is 1.39. The molecule has 0 heterocycles. The molecule has 0 spiro atoms. The molecule has 0 aliphatic carbocycles. The van der Waals surface area contributed by atoms with Gasteiger partial charge in [-0.1, -0.05) is 29.3 Å². The summed E-state index contributed by atoms with van der Waals surface area (Å²) in [6.07, 6.45) is 0. The van der Waals surface area contributed by atoms with Gasteiger partial charge in [-0.15, -0.1) is 0 Å². The minimum Gasteiger partial charge on any atom is -0.333 e. The Morgan fingerprint density at radius 3 is 2.09 bits per heavy atom. The maximum Gasteiger partial charge on any atom is 0.0435 e. The van der Waals surface area contributed by atoms with Crippen molar-refractivity contribution in [2.24, 2.45) is 5.73 Å². The third-order valence-corrected chi connectivity index (χ3v) is 1.74. The van der Waals surface area contributed by atoms with Crippen molar-refractivity contribution in [3.05, 3.63) is 34.3 Å². The van der Waals surface area contributed by atoms with E-state index in [9.17, 15) is 0 Å². The molecular weight excluding hydrogens is 158 g/mol. The first kappa shape index (κ1) is 10.5. The predicted octanol–water partition coefficient (Wildman–Crippen LogP) is 2.53. The van der Waals surface area contributed by atoms with Crippen molar-refractivity contribution in [3.63, 3.8) is 0 Å². The first-order valence-electron chi connectivity index (χ1n) is 3.50. The molecule has 0 fully saturated rings. The van der Waals surface area contributed by atoms with E-state index in [2.05, 4.69) is 18.7 Å². The van der Waals surface area contributed by atoms with Gasteiger partial charge in [0.1, 0.15) is 0 Å². The van der Waals surface area contributed by atoms with Crippen molar-refractivity contribution < 1.29 is 0 Å². The summed E-state index contributed by atoms with van der Waals surface area (Å²) in [5.41, 5.74) is 6.91. The fourth-order valence-electron chi connectivity index (χ4n) is 0.795. The molecule has 2 heteroatoms. The van der Waals surface area contributed by atoms with Crippen LogP contribution in [-0.2, 0) is 0 Å². The van der Waals surface area contributed by atoms with Crippen LogP contribution in [0.4, 0.5) is 0 Å². The summed E-state index contributed by atoms with van der Waals surface area (Å²) < 4.78 is 0. The quantitative estimate of drug-likeness (QED) is 0.638. The Labute approximate surface area is 73.2 Å². The Bertz CT molecular complexity index is 221. The van der Waals surface area contributed by atoms with E-state index < -0.39 is 0 Å². The van der Waals surface area contributed by atoms with Crippen molar-refractivity contribution in [1.82, 2.24) is 0 Å². The highest BCUT2D eigenvalue weighted by Crippen LogP contribution is 2.14. The molecule has 0 radical (unpaired) electrons. The van der Waals surface area contributed by atoms with E-state index >= 15 is 0 Å². The molecule has 62 valence electrons. The van der Waals surface area contributed by atoms with Crippen LogP contribution in [0.15, 0.2) is 18.2 Å². The standard InChI is InChI=1S/C8H9Cl.CH5N/c1-6-3-4-8(9)7(2)5-6;1-2/h3-5H,1-2H3;2H2,1H3. The average Bonchev–Trinajstić information content (AvgIpc) is 2.02. The SMILES string of the molecule is CN.Cc1ccc(Cl)c(C)c1. The van der Waals surface area contributed by atoms with E-state index in [1.165, 1.54) is 12.6 Å². The third-order valence-electron chi connectivity index (χ3n) is 1.31. The van der Waals surface area contributed by atoms with Crippen LogP contribution < -0.4 is 5.73 Å². The number of rotatable bonds is 0. The van der Waals surface area contributed by atoms with Crippen molar-refractivity contribution in [3.8, 4) is 0 Å². The van der Waals surface area contributed by atoms with E-state index in [4.69, 9.17) is 11.6 Å². The molecule has 2 N–H and O–H groups in total. The molecule has 11 heavy (non-hydrogen) atoms. The molecule has 1 aromatic rings. The summed E-state index contributed by atoms with van der Waals surface area (Å²) in [4.78, 5) is 0. The largest absolute Gasteiger partial charge is 0.333 e. The number of benzene rings is 1. The van der Waals surface area contributed by atoms with Gasteiger partial charge < -0.3 is 5.73 Å². The monoisotopic (exact) mass is 171 g/mol. The van der Waals surface area contributed by atoms with E-state index in [1.54, 1.807) is 0 Å². The first-order valence-corrected chi connectivity index (χ1v) is 3.88. The van der Waals surface area contributed by atoms with E-state index in [0.717, 1.165) is 10.6 Å².